The number of nitrogens with zero attached hydrogens (tertiary/aromatic N) is 5. The van der Waals surface area contributed by atoms with Crippen LogP contribution < -0.4 is 5.32 Å². The van der Waals surface area contributed by atoms with E-state index in [1.165, 1.54) is 29.3 Å². The van der Waals surface area contributed by atoms with Crippen molar-refractivity contribution in [3.05, 3.63) is 23.3 Å². The molecule has 1 N–H and O–H groups in total. The monoisotopic (exact) mass is 306 g/mol. The first-order valence-corrected chi connectivity index (χ1v) is 6.67. The van der Waals surface area contributed by atoms with Crippen molar-refractivity contribution in [1.29, 1.82) is 5.26 Å². The van der Waals surface area contributed by atoms with Gasteiger partial charge in [-0.05, 0) is 28.8 Å². The summed E-state index contributed by atoms with van der Waals surface area (Å²) < 4.78 is 6.14. The van der Waals surface area contributed by atoms with E-state index >= 15 is 0 Å². The normalized spacial score (nSPS) is 11.4. The summed E-state index contributed by atoms with van der Waals surface area (Å²) in [5.74, 6) is -1.16. The molecule has 0 aliphatic carbocycles. The maximum atomic E-state index is 11.9. The minimum absolute atomic E-state index is 0.187. The Kier molecular flexibility index (Phi) is 4.57. The van der Waals surface area contributed by atoms with Gasteiger partial charge in [-0.2, -0.15) is 5.26 Å². The standard InChI is InChI=1S/C11H10N6O3S/c1-7(20-9(18)5-17-6-13-15-16-17)10(19)14-11-8(4-12)2-3-21-11/h2-3,6-7H,5H2,1H3,(H,14,19)/t7-/m1/s1. The van der Waals surface area contributed by atoms with E-state index in [2.05, 4.69) is 20.8 Å². The van der Waals surface area contributed by atoms with E-state index in [4.69, 9.17) is 10.00 Å². The van der Waals surface area contributed by atoms with Crippen LogP contribution in [0.25, 0.3) is 0 Å². The number of hydrogen-bond acceptors (Lipinski definition) is 8. The molecule has 0 radical (unpaired) electrons. The lowest BCUT2D eigenvalue weighted by atomic mass is 10.3. The highest BCUT2D eigenvalue weighted by Gasteiger charge is 2.19. The number of nitrogens with one attached hydrogen (secondary N) is 1. The van der Waals surface area contributed by atoms with Crippen molar-refractivity contribution in [2.75, 3.05) is 5.32 Å². The third-order valence-corrected chi connectivity index (χ3v) is 3.21. The van der Waals surface area contributed by atoms with E-state index in [0.717, 1.165) is 0 Å². The van der Waals surface area contributed by atoms with Gasteiger partial charge in [0.05, 0.1) is 5.56 Å². The van der Waals surface area contributed by atoms with Gasteiger partial charge in [0.15, 0.2) is 6.10 Å². The second-order valence-corrected chi connectivity index (χ2v) is 4.82. The lowest BCUT2D eigenvalue weighted by Gasteiger charge is -2.12. The van der Waals surface area contributed by atoms with Gasteiger partial charge < -0.3 is 10.1 Å². The zero-order chi connectivity index (χ0) is 15.2. The molecule has 1 amide bonds. The SMILES string of the molecule is C[C@@H](OC(=O)Cn1cnnn1)C(=O)Nc1sccc1C#N. The number of amides is 1. The molecule has 0 spiro atoms. The first kappa shape index (κ1) is 14.6. The fourth-order valence-corrected chi connectivity index (χ4v) is 2.12. The number of esters is 1. The van der Waals surface area contributed by atoms with E-state index in [9.17, 15) is 9.59 Å². The number of hydrogen-bond donors (Lipinski definition) is 1. The van der Waals surface area contributed by atoms with Gasteiger partial charge in [-0.1, -0.05) is 0 Å². The number of carbonyl (C=O) groups excluding carboxylic acids is 2. The Bertz CT molecular complexity index is 674. The lowest BCUT2D eigenvalue weighted by molar-refractivity contribution is -0.153. The molecule has 2 rings (SSSR count). The molecule has 0 saturated carbocycles. The largest absolute Gasteiger partial charge is 0.451 e. The molecule has 0 aliphatic rings. The second kappa shape index (κ2) is 6.58. The summed E-state index contributed by atoms with van der Waals surface area (Å²) in [5, 5.41) is 23.8. The molecular formula is C11H10N6O3S. The molecule has 2 aromatic heterocycles. The zero-order valence-electron chi connectivity index (χ0n) is 10.9. The summed E-state index contributed by atoms with van der Waals surface area (Å²) in [4.78, 5) is 23.5. The number of tetrazole rings is 1. The van der Waals surface area contributed by atoms with Crippen molar-refractivity contribution >= 4 is 28.2 Å². The van der Waals surface area contributed by atoms with Crippen molar-refractivity contribution in [2.45, 2.75) is 19.6 Å². The van der Waals surface area contributed by atoms with Crippen LogP contribution >= 0.6 is 11.3 Å². The van der Waals surface area contributed by atoms with E-state index in [0.29, 0.717) is 10.6 Å². The predicted octanol–water partition coefficient (Wildman–Crippen LogP) is 0.177. The first-order valence-electron chi connectivity index (χ1n) is 5.79. The van der Waals surface area contributed by atoms with Gasteiger partial charge in [0.25, 0.3) is 5.91 Å². The molecule has 0 aromatic carbocycles. The Balaban J connectivity index is 1.88. The smallest absolute Gasteiger partial charge is 0.328 e. The number of thiophene rings is 1. The van der Waals surface area contributed by atoms with E-state index < -0.39 is 18.0 Å². The van der Waals surface area contributed by atoms with Crippen LogP contribution in [0.5, 0.6) is 0 Å². The molecule has 2 heterocycles. The fourth-order valence-electron chi connectivity index (χ4n) is 1.38. The Hall–Kier alpha value is -2.80. The zero-order valence-corrected chi connectivity index (χ0v) is 11.7. The van der Waals surface area contributed by atoms with E-state index in [1.54, 1.807) is 11.4 Å². The molecule has 0 fully saturated rings. The molecule has 0 saturated heterocycles. The summed E-state index contributed by atoms with van der Waals surface area (Å²) >= 11 is 1.22. The van der Waals surface area contributed by atoms with Crippen LogP contribution in [-0.4, -0.2) is 38.2 Å². The van der Waals surface area contributed by atoms with Crippen LogP contribution in [0.4, 0.5) is 5.00 Å². The Morgan fingerprint density at radius 2 is 2.43 bits per heavy atom. The van der Waals surface area contributed by atoms with Crippen molar-refractivity contribution in [1.82, 2.24) is 20.2 Å². The Labute approximate surface area is 123 Å². The number of aromatic nitrogens is 4. The van der Waals surface area contributed by atoms with Crippen molar-refractivity contribution in [3.8, 4) is 6.07 Å². The summed E-state index contributed by atoms with van der Waals surface area (Å²) in [6.07, 6.45) is 0.263. The van der Waals surface area contributed by atoms with Crippen LogP contribution in [0.1, 0.15) is 12.5 Å². The fraction of sp³-hybridized carbons (Fsp3) is 0.273. The maximum Gasteiger partial charge on any atom is 0.328 e. The second-order valence-electron chi connectivity index (χ2n) is 3.90. The number of anilines is 1. The van der Waals surface area contributed by atoms with Crippen LogP contribution in [0.2, 0.25) is 0 Å². The van der Waals surface area contributed by atoms with Gasteiger partial charge in [0, 0.05) is 0 Å². The number of ether oxygens (including phenoxy) is 1. The average Bonchev–Trinajstić information content (AvgIpc) is 3.09. The van der Waals surface area contributed by atoms with Gasteiger partial charge in [0.2, 0.25) is 0 Å². The van der Waals surface area contributed by atoms with Crippen LogP contribution in [0.3, 0.4) is 0 Å². The molecule has 9 nitrogen and oxygen atoms in total. The molecule has 0 unspecified atom stereocenters. The minimum Gasteiger partial charge on any atom is -0.451 e. The number of rotatable bonds is 5. The highest BCUT2D eigenvalue weighted by atomic mass is 32.1. The number of nitriles is 1. The highest BCUT2D eigenvalue weighted by Crippen LogP contribution is 2.22. The highest BCUT2D eigenvalue weighted by molar-refractivity contribution is 7.14. The van der Waals surface area contributed by atoms with Gasteiger partial charge in [-0.25, -0.2) is 4.68 Å². The minimum atomic E-state index is -0.998. The van der Waals surface area contributed by atoms with Crippen molar-refractivity contribution in [3.63, 3.8) is 0 Å². The van der Waals surface area contributed by atoms with E-state index in [-0.39, 0.29) is 6.54 Å². The maximum absolute atomic E-state index is 11.9. The quantitative estimate of drug-likeness (QED) is 0.781. The third-order valence-electron chi connectivity index (χ3n) is 2.38. The molecule has 2 aromatic rings. The average molecular weight is 306 g/mol. The molecule has 108 valence electrons. The van der Waals surface area contributed by atoms with Gasteiger partial charge in [0.1, 0.15) is 23.9 Å². The molecule has 0 bridgehead atoms. The lowest BCUT2D eigenvalue weighted by Crippen LogP contribution is -2.31. The predicted molar refractivity (Wildman–Crippen MR) is 71.0 cm³/mol. The van der Waals surface area contributed by atoms with Crippen LogP contribution in [-0.2, 0) is 20.9 Å². The van der Waals surface area contributed by atoms with Gasteiger partial charge in [-0.15, -0.1) is 16.4 Å². The molecular weight excluding hydrogens is 296 g/mol. The summed E-state index contributed by atoms with van der Waals surface area (Å²) in [5.41, 5.74) is 0.362. The summed E-state index contributed by atoms with van der Waals surface area (Å²) in [7, 11) is 0. The Morgan fingerprint density at radius 3 is 3.10 bits per heavy atom. The summed E-state index contributed by atoms with van der Waals surface area (Å²) in [6.45, 7) is 1.25. The van der Waals surface area contributed by atoms with Crippen molar-refractivity contribution < 1.29 is 14.3 Å². The Morgan fingerprint density at radius 1 is 1.62 bits per heavy atom. The van der Waals surface area contributed by atoms with E-state index in [1.807, 2.05) is 6.07 Å². The third kappa shape index (κ3) is 3.83. The summed E-state index contributed by atoms with van der Waals surface area (Å²) in [6, 6.07) is 3.54. The topological polar surface area (TPSA) is 123 Å². The first-order chi connectivity index (χ1) is 10.1. The molecule has 0 aliphatic heterocycles. The molecule has 10 heteroatoms. The van der Waals surface area contributed by atoms with Crippen LogP contribution in [0.15, 0.2) is 17.8 Å². The van der Waals surface area contributed by atoms with Crippen LogP contribution in [0, 0.1) is 11.3 Å². The number of carbonyl (C=O) groups is 2. The van der Waals surface area contributed by atoms with Crippen molar-refractivity contribution in [2.24, 2.45) is 0 Å². The molecule has 21 heavy (non-hydrogen) atoms. The van der Waals surface area contributed by atoms with Gasteiger partial charge in [-0.3, -0.25) is 9.59 Å². The van der Waals surface area contributed by atoms with Gasteiger partial charge >= 0.3 is 5.97 Å². The molecule has 1 atom stereocenters.